The van der Waals surface area contributed by atoms with Gasteiger partial charge < -0.3 is 19.7 Å². The zero-order chi connectivity index (χ0) is 19.8. The molecule has 1 N–H and O–H groups in total. The Morgan fingerprint density at radius 3 is 2.76 bits per heavy atom. The fraction of sp³-hybridized carbons (Fsp3) is 0.652. The molecule has 6 heteroatoms. The van der Waals surface area contributed by atoms with Crippen LogP contribution in [0.2, 0.25) is 0 Å². The Kier molecular flexibility index (Phi) is 5.20. The summed E-state index contributed by atoms with van der Waals surface area (Å²) in [6.45, 7) is 6.53. The second kappa shape index (κ2) is 7.98. The van der Waals surface area contributed by atoms with Gasteiger partial charge in [0.25, 0.3) is 5.88 Å². The zero-order valence-electron chi connectivity index (χ0n) is 17.7. The van der Waals surface area contributed by atoms with Gasteiger partial charge in [0.2, 0.25) is 0 Å². The first kappa shape index (κ1) is 18.9. The number of fused-ring (bicyclic) bond motifs is 2. The SMILES string of the molecule is COc1nc2c(NC3CC3)c3c(nc2cc1OCCCN1CCCC1)CC(C)C3. The summed E-state index contributed by atoms with van der Waals surface area (Å²) in [7, 11) is 1.67. The average Bonchev–Trinajstić information content (AvgIpc) is 3.22. The van der Waals surface area contributed by atoms with E-state index in [1.807, 2.05) is 6.07 Å². The minimum Gasteiger partial charge on any atom is -0.488 e. The Labute approximate surface area is 173 Å². The first-order valence-electron chi connectivity index (χ1n) is 11.2. The number of hydrogen-bond acceptors (Lipinski definition) is 6. The van der Waals surface area contributed by atoms with E-state index in [-0.39, 0.29) is 0 Å². The number of ether oxygens (including phenoxy) is 2. The maximum atomic E-state index is 6.10. The Bertz CT molecular complexity index is 890. The van der Waals surface area contributed by atoms with Crippen LogP contribution in [0.4, 0.5) is 5.69 Å². The highest BCUT2D eigenvalue weighted by Crippen LogP contribution is 2.40. The van der Waals surface area contributed by atoms with Crippen molar-refractivity contribution in [1.82, 2.24) is 14.9 Å². The van der Waals surface area contributed by atoms with Crippen LogP contribution >= 0.6 is 0 Å². The van der Waals surface area contributed by atoms with Crippen molar-refractivity contribution in [2.24, 2.45) is 5.92 Å². The molecule has 2 aromatic heterocycles. The molecule has 1 atom stereocenters. The molecule has 2 fully saturated rings. The van der Waals surface area contributed by atoms with Crippen molar-refractivity contribution >= 4 is 16.7 Å². The van der Waals surface area contributed by atoms with Gasteiger partial charge in [-0.1, -0.05) is 6.92 Å². The normalized spacial score (nSPS) is 21.5. The van der Waals surface area contributed by atoms with Crippen molar-refractivity contribution in [3.8, 4) is 11.6 Å². The molecule has 0 amide bonds. The van der Waals surface area contributed by atoms with E-state index >= 15 is 0 Å². The van der Waals surface area contributed by atoms with Crippen LogP contribution < -0.4 is 14.8 Å². The van der Waals surface area contributed by atoms with Gasteiger partial charge in [0.1, 0.15) is 5.52 Å². The fourth-order valence-electron chi connectivity index (χ4n) is 4.69. The second-order valence-corrected chi connectivity index (χ2v) is 8.96. The molecule has 2 aromatic rings. The van der Waals surface area contributed by atoms with Crippen LogP contribution in [0.3, 0.4) is 0 Å². The minimum atomic E-state index is 0.560. The van der Waals surface area contributed by atoms with Crippen LogP contribution in [0.25, 0.3) is 11.0 Å². The first-order valence-corrected chi connectivity index (χ1v) is 11.2. The molecule has 5 rings (SSSR count). The van der Waals surface area contributed by atoms with Crippen LogP contribution in [0.1, 0.15) is 50.3 Å². The standard InChI is InChI=1S/C23H32N4O2/c1-15-12-17-18(13-15)25-19-14-20(29-11-5-10-27-8-3-4-9-27)23(28-2)26-22(19)21(17)24-16-6-7-16/h14-16H,3-13H2,1-2H3,(H,24,25). The van der Waals surface area contributed by atoms with E-state index in [0.717, 1.165) is 36.8 Å². The van der Waals surface area contributed by atoms with Gasteiger partial charge in [0.05, 0.1) is 24.9 Å². The van der Waals surface area contributed by atoms with Gasteiger partial charge in [-0.15, -0.1) is 0 Å². The summed E-state index contributed by atoms with van der Waals surface area (Å²) in [5.41, 5.74) is 5.59. The topological polar surface area (TPSA) is 59.5 Å². The monoisotopic (exact) mass is 396 g/mol. The fourth-order valence-corrected chi connectivity index (χ4v) is 4.69. The summed E-state index contributed by atoms with van der Waals surface area (Å²) in [5.74, 6) is 1.90. The molecule has 3 aliphatic rings. The van der Waals surface area contributed by atoms with Crippen molar-refractivity contribution in [3.05, 3.63) is 17.3 Å². The third kappa shape index (κ3) is 4.00. The summed E-state index contributed by atoms with van der Waals surface area (Å²) in [4.78, 5) is 12.3. The molecule has 0 aromatic carbocycles. The molecule has 1 saturated carbocycles. The van der Waals surface area contributed by atoms with E-state index in [4.69, 9.17) is 19.4 Å². The molecular formula is C23H32N4O2. The van der Waals surface area contributed by atoms with Crippen LogP contribution in [0.15, 0.2) is 6.07 Å². The Morgan fingerprint density at radius 2 is 2.00 bits per heavy atom. The number of nitrogens with zero attached hydrogens (tertiary/aromatic N) is 3. The summed E-state index contributed by atoms with van der Waals surface area (Å²) < 4.78 is 11.7. The molecule has 6 nitrogen and oxygen atoms in total. The van der Waals surface area contributed by atoms with Gasteiger partial charge in [-0.25, -0.2) is 4.98 Å². The Balaban J connectivity index is 1.40. The molecule has 1 unspecified atom stereocenters. The maximum Gasteiger partial charge on any atom is 0.257 e. The molecule has 1 aliphatic heterocycles. The van der Waals surface area contributed by atoms with Crippen molar-refractivity contribution in [2.75, 3.05) is 38.7 Å². The van der Waals surface area contributed by atoms with Gasteiger partial charge in [0, 0.05) is 24.3 Å². The molecule has 0 spiro atoms. The summed E-state index contributed by atoms with van der Waals surface area (Å²) >= 11 is 0. The molecule has 0 radical (unpaired) electrons. The van der Waals surface area contributed by atoms with Crippen molar-refractivity contribution in [2.45, 2.75) is 57.9 Å². The largest absolute Gasteiger partial charge is 0.488 e. The van der Waals surface area contributed by atoms with Crippen LogP contribution in [-0.2, 0) is 12.8 Å². The number of methoxy groups -OCH3 is 1. The number of likely N-dealkylation sites (tertiary alicyclic amines) is 1. The van der Waals surface area contributed by atoms with Gasteiger partial charge in [-0.05, 0) is 69.5 Å². The molecule has 1 saturated heterocycles. The number of hydrogen-bond donors (Lipinski definition) is 1. The first-order chi connectivity index (χ1) is 14.2. The lowest BCUT2D eigenvalue weighted by atomic mass is 10.1. The van der Waals surface area contributed by atoms with Crippen LogP contribution in [0, 0.1) is 5.92 Å². The highest BCUT2D eigenvalue weighted by atomic mass is 16.5. The van der Waals surface area contributed by atoms with Gasteiger partial charge >= 0.3 is 0 Å². The Morgan fingerprint density at radius 1 is 1.17 bits per heavy atom. The van der Waals surface area contributed by atoms with E-state index in [1.54, 1.807) is 7.11 Å². The second-order valence-electron chi connectivity index (χ2n) is 8.96. The van der Waals surface area contributed by atoms with E-state index < -0.39 is 0 Å². The van der Waals surface area contributed by atoms with Gasteiger partial charge in [-0.2, -0.15) is 0 Å². The average molecular weight is 397 g/mol. The van der Waals surface area contributed by atoms with Crippen LogP contribution in [-0.4, -0.2) is 54.3 Å². The van der Waals surface area contributed by atoms with E-state index in [0.29, 0.717) is 30.2 Å². The zero-order valence-corrected chi connectivity index (χ0v) is 17.7. The minimum absolute atomic E-state index is 0.560. The van der Waals surface area contributed by atoms with Crippen molar-refractivity contribution in [1.29, 1.82) is 0 Å². The lowest BCUT2D eigenvalue weighted by Gasteiger charge is -2.17. The van der Waals surface area contributed by atoms with E-state index in [2.05, 4.69) is 17.1 Å². The summed E-state index contributed by atoms with van der Waals surface area (Å²) in [5, 5.41) is 3.73. The molecule has 2 aliphatic carbocycles. The number of nitrogens with one attached hydrogen (secondary N) is 1. The van der Waals surface area contributed by atoms with Crippen LogP contribution in [0.5, 0.6) is 11.6 Å². The number of anilines is 1. The Hall–Kier alpha value is -2.08. The highest BCUT2D eigenvalue weighted by molar-refractivity contribution is 5.92. The molecule has 3 heterocycles. The molecule has 156 valence electrons. The third-order valence-corrected chi connectivity index (χ3v) is 6.37. The number of pyridine rings is 2. The smallest absolute Gasteiger partial charge is 0.257 e. The summed E-state index contributed by atoms with van der Waals surface area (Å²) in [6, 6.07) is 2.60. The maximum absolute atomic E-state index is 6.10. The predicted molar refractivity (Wildman–Crippen MR) is 115 cm³/mol. The number of aromatic nitrogens is 2. The third-order valence-electron chi connectivity index (χ3n) is 6.37. The predicted octanol–water partition coefficient (Wildman–Crippen LogP) is 3.81. The number of rotatable bonds is 8. The lowest BCUT2D eigenvalue weighted by Crippen LogP contribution is -2.22. The summed E-state index contributed by atoms with van der Waals surface area (Å²) in [6.07, 6.45) is 8.27. The lowest BCUT2D eigenvalue weighted by molar-refractivity contribution is 0.252. The van der Waals surface area contributed by atoms with Gasteiger partial charge in [0.15, 0.2) is 5.75 Å². The van der Waals surface area contributed by atoms with Crippen molar-refractivity contribution in [3.63, 3.8) is 0 Å². The van der Waals surface area contributed by atoms with Crippen molar-refractivity contribution < 1.29 is 9.47 Å². The molecule has 0 bridgehead atoms. The quantitative estimate of drug-likeness (QED) is 0.685. The van der Waals surface area contributed by atoms with E-state index in [1.165, 1.54) is 55.7 Å². The van der Waals surface area contributed by atoms with Gasteiger partial charge in [-0.3, -0.25) is 4.98 Å². The molecule has 29 heavy (non-hydrogen) atoms. The van der Waals surface area contributed by atoms with E-state index in [9.17, 15) is 0 Å². The highest BCUT2D eigenvalue weighted by Gasteiger charge is 2.29. The molecular weight excluding hydrogens is 364 g/mol.